The number of aromatic nitrogens is 1. The molecule has 0 unspecified atom stereocenters. The minimum absolute atomic E-state index is 0.0805. The minimum Gasteiger partial charge on any atom is -0.356 e. The van der Waals surface area contributed by atoms with E-state index in [2.05, 4.69) is 20.9 Å². The number of rotatable bonds is 5. The van der Waals surface area contributed by atoms with Crippen molar-refractivity contribution in [3.05, 3.63) is 41.4 Å². The lowest BCUT2D eigenvalue weighted by Gasteiger charge is -2.04. The van der Waals surface area contributed by atoms with Crippen LogP contribution in [-0.2, 0) is 11.2 Å². The molecule has 0 spiro atoms. The minimum atomic E-state index is -0.361. The third kappa shape index (κ3) is 4.88. The molecular formula is C14H16N4O2S. The van der Waals surface area contributed by atoms with E-state index in [1.807, 2.05) is 25.1 Å². The fourth-order valence-electron chi connectivity index (χ4n) is 1.65. The van der Waals surface area contributed by atoms with E-state index in [1.165, 1.54) is 11.3 Å². The number of likely N-dealkylation sites (N-methyl/N-ethyl adjacent to an activating group) is 1. The van der Waals surface area contributed by atoms with Gasteiger partial charge in [0, 0.05) is 17.6 Å². The first-order valence-corrected chi connectivity index (χ1v) is 7.39. The zero-order valence-electron chi connectivity index (χ0n) is 11.6. The van der Waals surface area contributed by atoms with Gasteiger partial charge in [-0.05, 0) is 19.1 Å². The molecule has 0 saturated carbocycles. The molecule has 0 aliphatic carbocycles. The van der Waals surface area contributed by atoms with Crippen LogP contribution in [-0.4, -0.2) is 23.5 Å². The Morgan fingerprint density at radius 3 is 2.67 bits per heavy atom. The molecule has 0 fully saturated rings. The maximum absolute atomic E-state index is 11.8. The van der Waals surface area contributed by atoms with Gasteiger partial charge in [-0.2, -0.15) is 0 Å². The summed E-state index contributed by atoms with van der Waals surface area (Å²) < 4.78 is 0. The molecule has 21 heavy (non-hydrogen) atoms. The summed E-state index contributed by atoms with van der Waals surface area (Å²) in [6.45, 7) is 2.45. The quantitative estimate of drug-likeness (QED) is 0.793. The van der Waals surface area contributed by atoms with Crippen molar-refractivity contribution in [2.24, 2.45) is 0 Å². The molecule has 0 aliphatic heterocycles. The Labute approximate surface area is 126 Å². The van der Waals surface area contributed by atoms with Crippen molar-refractivity contribution >= 4 is 34.1 Å². The van der Waals surface area contributed by atoms with Gasteiger partial charge in [0.2, 0.25) is 5.91 Å². The van der Waals surface area contributed by atoms with E-state index in [9.17, 15) is 9.59 Å². The van der Waals surface area contributed by atoms with E-state index < -0.39 is 0 Å². The highest BCUT2D eigenvalue weighted by molar-refractivity contribution is 7.13. The monoisotopic (exact) mass is 304 g/mol. The Balaban J connectivity index is 1.87. The second-order valence-corrected chi connectivity index (χ2v) is 5.08. The van der Waals surface area contributed by atoms with Crippen LogP contribution >= 0.6 is 11.3 Å². The largest absolute Gasteiger partial charge is 0.356 e. The maximum atomic E-state index is 11.8. The van der Waals surface area contributed by atoms with Gasteiger partial charge in [0.1, 0.15) is 0 Å². The summed E-state index contributed by atoms with van der Waals surface area (Å²) in [4.78, 5) is 27.4. The van der Waals surface area contributed by atoms with E-state index in [-0.39, 0.29) is 18.4 Å². The zero-order valence-corrected chi connectivity index (χ0v) is 12.4. The third-order valence-electron chi connectivity index (χ3n) is 2.52. The van der Waals surface area contributed by atoms with Crippen LogP contribution in [0.25, 0.3) is 0 Å². The summed E-state index contributed by atoms with van der Waals surface area (Å²) in [6.07, 6.45) is 0.215. The van der Waals surface area contributed by atoms with Crippen molar-refractivity contribution < 1.29 is 9.59 Å². The number of hydrogen-bond acceptors (Lipinski definition) is 4. The average molecular weight is 304 g/mol. The van der Waals surface area contributed by atoms with Crippen LogP contribution in [0, 0.1) is 0 Å². The Morgan fingerprint density at radius 1 is 1.19 bits per heavy atom. The first-order valence-electron chi connectivity index (χ1n) is 6.51. The second kappa shape index (κ2) is 7.39. The Hall–Kier alpha value is -2.41. The second-order valence-electron chi connectivity index (χ2n) is 4.22. The Kier molecular flexibility index (Phi) is 5.28. The molecule has 0 bridgehead atoms. The Bertz CT molecular complexity index is 612. The lowest BCUT2D eigenvalue weighted by Crippen LogP contribution is -2.24. The van der Waals surface area contributed by atoms with Gasteiger partial charge in [-0.3, -0.25) is 10.1 Å². The molecule has 3 N–H and O–H groups in total. The summed E-state index contributed by atoms with van der Waals surface area (Å²) in [6, 6.07) is 8.77. The van der Waals surface area contributed by atoms with Gasteiger partial charge in [0.05, 0.1) is 12.1 Å². The van der Waals surface area contributed by atoms with Crippen molar-refractivity contribution in [3.8, 4) is 0 Å². The van der Waals surface area contributed by atoms with Gasteiger partial charge in [-0.15, -0.1) is 11.3 Å². The summed E-state index contributed by atoms with van der Waals surface area (Å²) in [5.41, 5.74) is 1.34. The van der Waals surface area contributed by atoms with Crippen LogP contribution in [0.1, 0.15) is 12.6 Å². The number of thiazole rings is 1. The Morgan fingerprint density at radius 2 is 1.95 bits per heavy atom. The van der Waals surface area contributed by atoms with E-state index in [0.29, 0.717) is 23.1 Å². The number of carbonyl (C=O) groups excluding carboxylic acids is 2. The van der Waals surface area contributed by atoms with Crippen LogP contribution in [0.5, 0.6) is 0 Å². The third-order valence-corrected chi connectivity index (χ3v) is 3.33. The molecule has 0 atom stereocenters. The summed E-state index contributed by atoms with van der Waals surface area (Å²) in [7, 11) is 0. The zero-order chi connectivity index (χ0) is 15.1. The van der Waals surface area contributed by atoms with Crippen molar-refractivity contribution in [2.75, 3.05) is 17.2 Å². The predicted molar refractivity (Wildman–Crippen MR) is 83.6 cm³/mol. The van der Waals surface area contributed by atoms with Gasteiger partial charge in [0.15, 0.2) is 5.13 Å². The number of nitrogens with zero attached hydrogens (tertiary/aromatic N) is 1. The van der Waals surface area contributed by atoms with Gasteiger partial charge in [-0.25, -0.2) is 9.78 Å². The predicted octanol–water partition coefficient (Wildman–Crippen LogP) is 2.47. The molecule has 2 rings (SSSR count). The number of urea groups is 1. The van der Waals surface area contributed by atoms with Crippen molar-refractivity contribution in [2.45, 2.75) is 13.3 Å². The SMILES string of the molecule is CCNC(=O)Cc1csc(NC(=O)Nc2ccccc2)n1. The molecule has 110 valence electrons. The highest BCUT2D eigenvalue weighted by atomic mass is 32.1. The lowest BCUT2D eigenvalue weighted by atomic mass is 10.3. The van der Waals surface area contributed by atoms with Gasteiger partial charge < -0.3 is 10.6 Å². The van der Waals surface area contributed by atoms with Crippen LogP contribution < -0.4 is 16.0 Å². The molecule has 6 nitrogen and oxygen atoms in total. The molecule has 1 heterocycles. The molecule has 3 amide bonds. The molecule has 2 aromatic rings. The standard InChI is InChI=1S/C14H16N4O2S/c1-2-15-12(19)8-11-9-21-14(17-11)18-13(20)16-10-6-4-3-5-7-10/h3-7,9H,2,8H2,1H3,(H,15,19)(H2,16,17,18,20). The van der Waals surface area contributed by atoms with Crippen molar-refractivity contribution in [1.82, 2.24) is 10.3 Å². The van der Waals surface area contributed by atoms with Gasteiger partial charge in [0.25, 0.3) is 0 Å². The van der Waals surface area contributed by atoms with Gasteiger partial charge in [-0.1, -0.05) is 18.2 Å². The van der Waals surface area contributed by atoms with Crippen molar-refractivity contribution in [3.63, 3.8) is 0 Å². The number of amides is 3. The summed E-state index contributed by atoms with van der Waals surface area (Å²) in [5, 5.41) is 10.3. The molecule has 0 aliphatic rings. The molecule has 1 aromatic heterocycles. The first-order chi connectivity index (χ1) is 10.2. The molecular weight excluding hydrogens is 288 g/mol. The van der Waals surface area contributed by atoms with Crippen LogP contribution in [0.3, 0.4) is 0 Å². The number of benzene rings is 1. The van der Waals surface area contributed by atoms with E-state index in [4.69, 9.17) is 0 Å². The normalized spacial score (nSPS) is 9.95. The molecule has 0 saturated heterocycles. The highest BCUT2D eigenvalue weighted by Crippen LogP contribution is 2.16. The van der Waals surface area contributed by atoms with Crippen LogP contribution in [0.15, 0.2) is 35.7 Å². The van der Waals surface area contributed by atoms with Crippen LogP contribution in [0.4, 0.5) is 15.6 Å². The number of carbonyl (C=O) groups is 2. The van der Waals surface area contributed by atoms with Crippen molar-refractivity contribution in [1.29, 1.82) is 0 Å². The summed E-state index contributed by atoms with van der Waals surface area (Å²) >= 11 is 1.29. The number of para-hydroxylation sites is 1. The lowest BCUT2D eigenvalue weighted by molar-refractivity contribution is -0.120. The molecule has 7 heteroatoms. The molecule has 0 radical (unpaired) electrons. The smallest absolute Gasteiger partial charge is 0.325 e. The number of hydrogen-bond donors (Lipinski definition) is 3. The molecule has 1 aromatic carbocycles. The van der Waals surface area contributed by atoms with Crippen LogP contribution in [0.2, 0.25) is 0 Å². The van der Waals surface area contributed by atoms with Gasteiger partial charge >= 0.3 is 6.03 Å². The topological polar surface area (TPSA) is 83.1 Å². The number of anilines is 2. The summed E-state index contributed by atoms with van der Waals surface area (Å²) in [5.74, 6) is -0.0805. The van der Waals surface area contributed by atoms with E-state index >= 15 is 0 Å². The first kappa shape index (κ1) is 15.0. The van der Waals surface area contributed by atoms with E-state index in [0.717, 1.165) is 0 Å². The fourth-order valence-corrected chi connectivity index (χ4v) is 2.36. The fraction of sp³-hybridized carbons (Fsp3) is 0.214. The highest BCUT2D eigenvalue weighted by Gasteiger charge is 2.09. The van der Waals surface area contributed by atoms with E-state index in [1.54, 1.807) is 17.5 Å². The number of nitrogens with one attached hydrogen (secondary N) is 3. The maximum Gasteiger partial charge on any atom is 0.325 e. The average Bonchev–Trinajstić information content (AvgIpc) is 2.87.